The minimum Gasteiger partial charge on any atom is -0.330 e. The van der Waals surface area contributed by atoms with Crippen LogP contribution in [0.25, 0.3) is 11.0 Å². The third-order valence-corrected chi connectivity index (χ3v) is 3.57. The van der Waals surface area contributed by atoms with E-state index in [4.69, 9.17) is 0 Å². The van der Waals surface area contributed by atoms with Crippen LogP contribution in [0.2, 0.25) is 0 Å². The van der Waals surface area contributed by atoms with E-state index in [1.54, 1.807) is 0 Å². The topological polar surface area (TPSA) is 30.7 Å². The average Bonchev–Trinajstić information content (AvgIpc) is 2.80. The summed E-state index contributed by atoms with van der Waals surface area (Å²) >= 11 is 0. The van der Waals surface area contributed by atoms with E-state index in [9.17, 15) is 0 Å². The lowest BCUT2D eigenvalue weighted by Gasteiger charge is -2.05. The van der Waals surface area contributed by atoms with E-state index in [1.807, 2.05) is 24.7 Å². The molecule has 3 heteroatoms. The molecular formula is C16H17N3. The Morgan fingerprint density at radius 3 is 2.68 bits per heavy atom. The first kappa shape index (κ1) is 11.9. The van der Waals surface area contributed by atoms with Crippen LogP contribution in [0.4, 0.5) is 0 Å². The maximum absolute atomic E-state index is 4.48. The van der Waals surface area contributed by atoms with Gasteiger partial charge in [-0.2, -0.15) is 0 Å². The van der Waals surface area contributed by atoms with Gasteiger partial charge in [-0.3, -0.25) is 4.98 Å². The summed E-state index contributed by atoms with van der Waals surface area (Å²) in [5, 5.41) is 0. The molecule has 2 aromatic heterocycles. The molecule has 3 aromatic rings. The molecule has 0 fully saturated rings. The van der Waals surface area contributed by atoms with Gasteiger partial charge in [-0.15, -0.1) is 0 Å². The van der Waals surface area contributed by atoms with E-state index >= 15 is 0 Å². The molecule has 19 heavy (non-hydrogen) atoms. The van der Waals surface area contributed by atoms with E-state index in [0.717, 1.165) is 24.2 Å². The van der Waals surface area contributed by atoms with Gasteiger partial charge in [-0.25, -0.2) is 4.98 Å². The first-order valence-electron chi connectivity index (χ1n) is 6.56. The Hall–Kier alpha value is -2.16. The molecule has 0 aliphatic rings. The molecule has 1 aromatic carbocycles. The fraction of sp³-hybridized carbons (Fsp3) is 0.250. The van der Waals surface area contributed by atoms with Crippen LogP contribution in [0.3, 0.4) is 0 Å². The van der Waals surface area contributed by atoms with E-state index in [-0.39, 0.29) is 0 Å². The second kappa shape index (κ2) is 4.84. The normalized spacial score (nSPS) is 11.1. The van der Waals surface area contributed by atoms with E-state index in [2.05, 4.69) is 46.6 Å². The monoisotopic (exact) mass is 251 g/mol. The Balaban J connectivity index is 1.87. The molecule has 96 valence electrons. The molecule has 0 saturated carbocycles. The number of imidazole rings is 1. The number of aryl methyl sites for hydroxylation is 4. The van der Waals surface area contributed by atoms with Gasteiger partial charge in [0, 0.05) is 24.9 Å². The highest BCUT2D eigenvalue weighted by Crippen LogP contribution is 2.18. The lowest BCUT2D eigenvalue weighted by molar-refractivity contribution is 0.703. The number of aromatic nitrogens is 3. The fourth-order valence-corrected chi connectivity index (χ4v) is 2.27. The average molecular weight is 251 g/mol. The summed E-state index contributed by atoms with van der Waals surface area (Å²) < 4.78 is 2.20. The van der Waals surface area contributed by atoms with Crippen molar-refractivity contribution in [3.63, 3.8) is 0 Å². The highest BCUT2D eigenvalue weighted by atomic mass is 15.0. The first-order valence-corrected chi connectivity index (χ1v) is 6.56. The van der Waals surface area contributed by atoms with Gasteiger partial charge in [-0.1, -0.05) is 6.07 Å². The molecule has 0 unspecified atom stereocenters. The van der Waals surface area contributed by atoms with Gasteiger partial charge in [-0.05, 0) is 49.2 Å². The predicted octanol–water partition coefficient (Wildman–Crippen LogP) is 3.29. The summed E-state index contributed by atoms with van der Waals surface area (Å²) in [5.41, 5.74) is 6.01. The molecule has 2 heterocycles. The molecule has 0 bridgehead atoms. The second-order valence-corrected chi connectivity index (χ2v) is 4.93. The minimum atomic E-state index is 0.913. The Morgan fingerprint density at radius 2 is 1.89 bits per heavy atom. The summed E-state index contributed by atoms with van der Waals surface area (Å²) in [6.45, 7) is 5.18. The minimum absolute atomic E-state index is 0.913. The molecule has 0 aliphatic carbocycles. The van der Waals surface area contributed by atoms with Gasteiger partial charge >= 0.3 is 0 Å². The number of nitrogens with zero attached hydrogens (tertiary/aromatic N) is 3. The predicted molar refractivity (Wildman–Crippen MR) is 77.1 cm³/mol. The van der Waals surface area contributed by atoms with E-state index in [0.29, 0.717) is 0 Å². The number of fused-ring (bicyclic) bond motifs is 1. The Labute approximate surface area is 112 Å². The van der Waals surface area contributed by atoms with Crippen molar-refractivity contribution in [2.24, 2.45) is 0 Å². The lowest BCUT2D eigenvalue weighted by atomic mass is 10.1. The molecule has 0 spiro atoms. The number of hydrogen-bond acceptors (Lipinski definition) is 2. The zero-order valence-corrected chi connectivity index (χ0v) is 11.3. The molecule has 0 N–H and O–H groups in total. The summed E-state index contributed by atoms with van der Waals surface area (Å²) in [7, 11) is 0. The first-order chi connectivity index (χ1) is 9.24. The van der Waals surface area contributed by atoms with Crippen LogP contribution in [0.15, 0.2) is 42.9 Å². The summed E-state index contributed by atoms with van der Waals surface area (Å²) in [6, 6.07) is 10.4. The number of pyridine rings is 1. The highest BCUT2D eigenvalue weighted by Gasteiger charge is 2.05. The number of benzene rings is 1. The summed E-state index contributed by atoms with van der Waals surface area (Å²) in [5.74, 6) is 0. The molecule has 0 radical (unpaired) electrons. The molecule has 0 atom stereocenters. The van der Waals surface area contributed by atoms with Crippen molar-refractivity contribution in [2.45, 2.75) is 26.8 Å². The van der Waals surface area contributed by atoms with E-state index < -0.39 is 0 Å². The lowest BCUT2D eigenvalue weighted by Crippen LogP contribution is -2.01. The zero-order valence-electron chi connectivity index (χ0n) is 11.3. The molecule has 0 saturated heterocycles. The van der Waals surface area contributed by atoms with Crippen LogP contribution >= 0.6 is 0 Å². The standard InChI is InChI=1S/C16H17N3/c1-12-9-15-16(10-13(12)2)19(11-18-15)8-6-14-5-3-4-7-17-14/h3-5,7,9-11H,6,8H2,1-2H3. The maximum Gasteiger partial charge on any atom is 0.0958 e. The van der Waals surface area contributed by atoms with Gasteiger partial charge in [0.2, 0.25) is 0 Å². The Bertz CT molecular complexity index is 699. The number of hydrogen-bond donors (Lipinski definition) is 0. The van der Waals surface area contributed by atoms with Gasteiger partial charge in [0.25, 0.3) is 0 Å². The largest absolute Gasteiger partial charge is 0.330 e. The van der Waals surface area contributed by atoms with Crippen molar-refractivity contribution in [2.75, 3.05) is 0 Å². The van der Waals surface area contributed by atoms with Crippen LogP contribution in [0, 0.1) is 13.8 Å². The molecule has 3 rings (SSSR count). The van der Waals surface area contributed by atoms with Gasteiger partial charge in [0.15, 0.2) is 0 Å². The van der Waals surface area contributed by atoms with Crippen LogP contribution in [-0.4, -0.2) is 14.5 Å². The quantitative estimate of drug-likeness (QED) is 0.715. The molecular weight excluding hydrogens is 234 g/mol. The fourth-order valence-electron chi connectivity index (χ4n) is 2.27. The molecule has 0 amide bonds. The van der Waals surface area contributed by atoms with Crippen LogP contribution in [0.5, 0.6) is 0 Å². The highest BCUT2D eigenvalue weighted by molar-refractivity contribution is 5.77. The molecule has 0 aliphatic heterocycles. The van der Waals surface area contributed by atoms with Gasteiger partial charge in [0.1, 0.15) is 0 Å². The van der Waals surface area contributed by atoms with E-state index in [1.165, 1.54) is 16.6 Å². The summed E-state index contributed by atoms with van der Waals surface area (Å²) in [4.78, 5) is 8.83. The molecule has 3 nitrogen and oxygen atoms in total. The Kier molecular flexibility index (Phi) is 3.03. The third kappa shape index (κ3) is 2.36. The van der Waals surface area contributed by atoms with Crippen LogP contribution in [0.1, 0.15) is 16.8 Å². The van der Waals surface area contributed by atoms with Crippen molar-refractivity contribution >= 4 is 11.0 Å². The van der Waals surface area contributed by atoms with Gasteiger partial charge < -0.3 is 4.57 Å². The van der Waals surface area contributed by atoms with Crippen LogP contribution < -0.4 is 0 Å². The maximum atomic E-state index is 4.48. The SMILES string of the molecule is Cc1cc2ncn(CCc3ccccn3)c2cc1C. The smallest absolute Gasteiger partial charge is 0.0958 e. The van der Waals surface area contributed by atoms with Crippen molar-refractivity contribution in [3.05, 3.63) is 59.7 Å². The van der Waals surface area contributed by atoms with Crippen molar-refractivity contribution < 1.29 is 0 Å². The van der Waals surface area contributed by atoms with Gasteiger partial charge in [0.05, 0.1) is 17.4 Å². The van der Waals surface area contributed by atoms with Crippen molar-refractivity contribution in [1.82, 2.24) is 14.5 Å². The third-order valence-electron chi connectivity index (χ3n) is 3.57. The number of rotatable bonds is 3. The Morgan fingerprint density at radius 1 is 1.05 bits per heavy atom. The second-order valence-electron chi connectivity index (χ2n) is 4.93. The van der Waals surface area contributed by atoms with Crippen molar-refractivity contribution in [3.8, 4) is 0 Å². The summed E-state index contributed by atoms with van der Waals surface area (Å²) in [6.07, 6.45) is 4.70. The van der Waals surface area contributed by atoms with Crippen LogP contribution in [-0.2, 0) is 13.0 Å². The van der Waals surface area contributed by atoms with Crippen molar-refractivity contribution in [1.29, 1.82) is 0 Å². The zero-order chi connectivity index (χ0) is 13.2.